The van der Waals surface area contributed by atoms with E-state index in [1.165, 1.54) is 12.8 Å². The van der Waals surface area contributed by atoms with Crippen LogP contribution in [0.15, 0.2) is 0 Å². The molecule has 0 aromatic carbocycles. The average molecular weight is 225 g/mol. The Hall–Kier alpha value is -0.530. The molecule has 0 aromatic heterocycles. The monoisotopic (exact) mass is 225 g/mol. The summed E-state index contributed by atoms with van der Waals surface area (Å²) in [5.74, 6) is 2.68. The summed E-state index contributed by atoms with van der Waals surface area (Å²) in [7, 11) is 0. The van der Waals surface area contributed by atoms with Crippen molar-refractivity contribution in [1.82, 2.24) is 5.32 Å². The SMILES string of the molecule is CCCC(C)C(C)C(C)CC1C(=O)NC1C. The second kappa shape index (κ2) is 5.70. The van der Waals surface area contributed by atoms with Crippen LogP contribution in [-0.2, 0) is 4.79 Å². The van der Waals surface area contributed by atoms with Crippen LogP contribution in [0.25, 0.3) is 0 Å². The zero-order valence-electron chi connectivity index (χ0n) is 11.4. The van der Waals surface area contributed by atoms with Crippen molar-refractivity contribution in [2.45, 2.75) is 59.9 Å². The average Bonchev–Trinajstić information content (AvgIpc) is 2.25. The summed E-state index contributed by atoms with van der Waals surface area (Å²) in [6.45, 7) is 11.3. The number of amides is 1. The quantitative estimate of drug-likeness (QED) is 0.691. The predicted molar refractivity (Wildman–Crippen MR) is 68.1 cm³/mol. The van der Waals surface area contributed by atoms with Gasteiger partial charge in [0.25, 0.3) is 0 Å². The van der Waals surface area contributed by atoms with Gasteiger partial charge in [0.1, 0.15) is 0 Å². The number of nitrogens with one attached hydrogen (secondary N) is 1. The Kier molecular flexibility index (Phi) is 4.82. The minimum absolute atomic E-state index is 0.259. The fourth-order valence-electron chi connectivity index (χ4n) is 2.77. The van der Waals surface area contributed by atoms with Gasteiger partial charge in [0.05, 0.1) is 5.92 Å². The number of rotatable bonds is 6. The van der Waals surface area contributed by atoms with Gasteiger partial charge < -0.3 is 5.32 Å². The fourth-order valence-corrected chi connectivity index (χ4v) is 2.77. The maximum absolute atomic E-state index is 11.4. The maximum Gasteiger partial charge on any atom is 0.225 e. The molecule has 1 amide bonds. The van der Waals surface area contributed by atoms with Crippen LogP contribution >= 0.6 is 0 Å². The van der Waals surface area contributed by atoms with Crippen molar-refractivity contribution in [3.63, 3.8) is 0 Å². The molecule has 5 unspecified atom stereocenters. The van der Waals surface area contributed by atoms with Crippen molar-refractivity contribution >= 4 is 5.91 Å². The number of carbonyl (C=O) groups is 1. The van der Waals surface area contributed by atoms with Crippen molar-refractivity contribution in [3.8, 4) is 0 Å². The molecule has 0 spiro atoms. The summed E-state index contributed by atoms with van der Waals surface area (Å²) < 4.78 is 0. The molecule has 1 saturated heterocycles. The minimum Gasteiger partial charge on any atom is -0.353 e. The van der Waals surface area contributed by atoms with E-state index in [0.717, 1.165) is 18.3 Å². The molecule has 1 N–H and O–H groups in total. The Balaban J connectivity index is 2.39. The second-order valence-corrected chi connectivity index (χ2v) is 5.74. The normalized spacial score (nSPS) is 30.2. The number of carbonyl (C=O) groups excluding carboxylic acids is 1. The van der Waals surface area contributed by atoms with E-state index in [9.17, 15) is 4.79 Å². The summed E-state index contributed by atoms with van der Waals surface area (Å²) in [5, 5.41) is 2.92. The van der Waals surface area contributed by atoms with Gasteiger partial charge >= 0.3 is 0 Å². The van der Waals surface area contributed by atoms with Crippen molar-refractivity contribution in [2.24, 2.45) is 23.7 Å². The van der Waals surface area contributed by atoms with Crippen LogP contribution in [0, 0.1) is 23.7 Å². The van der Waals surface area contributed by atoms with Crippen molar-refractivity contribution in [2.75, 3.05) is 0 Å². The highest BCUT2D eigenvalue weighted by molar-refractivity contribution is 5.85. The molecule has 1 heterocycles. The first-order valence-corrected chi connectivity index (χ1v) is 6.77. The molecule has 16 heavy (non-hydrogen) atoms. The van der Waals surface area contributed by atoms with Gasteiger partial charge in [0.15, 0.2) is 0 Å². The smallest absolute Gasteiger partial charge is 0.225 e. The molecule has 0 bridgehead atoms. The van der Waals surface area contributed by atoms with E-state index in [1.54, 1.807) is 0 Å². The Bertz CT molecular complexity index is 239. The molecule has 0 radical (unpaired) electrons. The third kappa shape index (κ3) is 2.99. The molecule has 0 saturated carbocycles. The molecule has 94 valence electrons. The lowest BCUT2D eigenvalue weighted by Crippen LogP contribution is -2.57. The second-order valence-electron chi connectivity index (χ2n) is 5.74. The van der Waals surface area contributed by atoms with E-state index in [1.807, 2.05) is 0 Å². The van der Waals surface area contributed by atoms with Crippen LogP contribution in [0.2, 0.25) is 0 Å². The van der Waals surface area contributed by atoms with E-state index >= 15 is 0 Å². The van der Waals surface area contributed by atoms with Crippen LogP contribution in [0.3, 0.4) is 0 Å². The van der Waals surface area contributed by atoms with E-state index in [-0.39, 0.29) is 11.8 Å². The fraction of sp³-hybridized carbons (Fsp3) is 0.929. The van der Waals surface area contributed by atoms with Crippen molar-refractivity contribution < 1.29 is 4.79 Å². The summed E-state index contributed by atoms with van der Waals surface area (Å²) in [6.07, 6.45) is 3.62. The summed E-state index contributed by atoms with van der Waals surface area (Å²) >= 11 is 0. The van der Waals surface area contributed by atoms with Gasteiger partial charge in [-0.1, -0.05) is 40.5 Å². The van der Waals surface area contributed by atoms with E-state index in [0.29, 0.717) is 12.0 Å². The lowest BCUT2D eigenvalue weighted by Gasteiger charge is -2.37. The maximum atomic E-state index is 11.4. The number of β-lactam (4-membered cyclic amide) rings is 1. The highest BCUT2D eigenvalue weighted by atomic mass is 16.2. The number of hydrogen-bond acceptors (Lipinski definition) is 1. The van der Waals surface area contributed by atoms with Crippen LogP contribution in [-0.4, -0.2) is 11.9 Å². The molecule has 1 aliphatic rings. The first-order valence-electron chi connectivity index (χ1n) is 6.77. The molecule has 1 fully saturated rings. The van der Waals surface area contributed by atoms with E-state index < -0.39 is 0 Å². The molecule has 2 nitrogen and oxygen atoms in total. The first-order chi connectivity index (χ1) is 7.47. The molecule has 2 heteroatoms. The van der Waals surface area contributed by atoms with Crippen LogP contribution in [0.5, 0.6) is 0 Å². The molecule has 1 rings (SSSR count). The third-order valence-corrected chi connectivity index (χ3v) is 4.48. The standard InChI is InChI=1S/C14H27NO/c1-6-7-9(2)11(4)10(3)8-13-12(5)15-14(13)16/h9-13H,6-8H2,1-5H3,(H,15,16). The lowest BCUT2D eigenvalue weighted by atomic mass is 9.75. The molecule has 0 aromatic rings. The lowest BCUT2D eigenvalue weighted by molar-refractivity contribution is -0.135. The first kappa shape index (κ1) is 13.5. The van der Waals surface area contributed by atoms with Gasteiger partial charge in [-0.15, -0.1) is 0 Å². The Morgan fingerprint density at radius 1 is 1.25 bits per heavy atom. The van der Waals surface area contributed by atoms with Gasteiger partial charge in [-0.05, 0) is 31.1 Å². The molecule has 5 atom stereocenters. The highest BCUT2D eigenvalue weighted by Gasteiger charge is 2.37. The summed E-state index contributed by atoms with van der Waals surface area (Å²) in [4.78, 5) is 11.4. The largest absolute Gasteiger partial charge is 0.353 e. The zero-order chi connectivity index (χ0) is 12.3. The molecular weight excluding hydrogens is 198 g/mol. The van der Waals surface area contributed by atoms with E-state index in [4.69, 9.17) is 0 Å². The Morgan fingerprint density at radius 2 is 1.88 bits per heavy atom. The Morgan fingerprint density at radius 3 is 2.31 bits per heavy atom. The van der Waals surface area contributed by atoms with Crippen LogP contribution < -0.4 is 5.32 Å². The molecular formula is C14H27NO. The highest BCUT2D eigenvalue weighted by Crippen LogP contribution is 2.31. The Labute approximate surface area is 100 Å². The predicted octanol–water partition coefficient (Wildman–Crippen LogP) is 3.22. The van der Waals surface area contributed by atoms with E-state index in [2.05, 4.69) is 39.9 Å². The van der Waals surface area contributed by atoms with Crippen LogP contribution in [0.1, 0.15) is 53.9 Å². The van der Waals surface area contributed by atoms with Gasteiger partial charge in [0, 0.05) is 6.04 Å². The van der Waals surface area contributed by atoms with Gasteiger partial charge in [-0.3, -0.25) is 4.79 Å². The van der Waals surface area contributed by atoms with Gasteiger partial charge in [-0.2, -0.15) is 0 Å². The van der Waals surface area contributed by atoms with Gasteiger partial charge in [-0.25, -0.2) is 0 Å². The molecule has 0 aliphatic carbocycles. The summed E-state index contributed by atoms with van der Waals surface area (Å²) in [5.41, 5.74) is 0. The minimum atomic E-state index is 0.259. The zero-order valence-corrected chi connectivity index (χ0v) is 11.4. The van der Waals surface area contributed by atoms with Gasteiger partial charge in [0.2, 0.25) is 5.91 Å². The topological polar surface area (TPSA) is 29.1 Å². The van der Waals surface area contributed by atoms with Crippen molar-refractivity contribution in [3.05, 3.63) is 0 Å². The third-order valence-electron chi connectivity index (χ3n) is 4.48. The van der Waals surface area contributed by atoms with Crippen LogP contribution in [0.4, 0.5) is 0 Å². The number of hydrogen-bond donors (Lipinski definition) is 1. The van der Waals surface area contributed by atoms with Crippen molar-refractivity contribution in [1.29, 1.82) is 0 Å². The molecule has 1 aliphatic heterocycles. The summed E-state index contributed by atoms with van der Waals surface area (Å²) in [6, 6.07) is 0.392.